The van der Waals surface area contributed by atoms with Crippen molar-refractivity contribution in [3.63, 3.8) is 0 Å². The predicted octanol–water partition coefficient (Wildman–Crippen LogP) is 3.21. The average Bonchev–Trinajstić information content (AvgIpc) is 2.53. The van der Waals surface area contributed by atoms with E-state index in [-0.39, 0.29) is 12.0 Å². The van der Waals surface area contributed by atoms with Gasteiger partial charge in [-0.25, -0.2) is 0 Å². The Kier molecular flexibility index (Phi) is 5.54. The van der Waals surface area contributed by atoms with Crippen molar-refractivity contribution < 1.29 is 5.11 Å². The second-order valence-electron chi connectivity index (χ2n) is 5.85. The Bertz CT molecular complexity index is 547. The average molecular weight is 283 g/mol. The number of aryl methyl sites for hydroxylation is 2. The van der Waals surface area contributed by atoms with Gasteiger partial charge in [0.05, 0.1) is 6.61 Å². The van der Waals surface area contributed by atoms with Gasteiger partial charge in [0, 0.05) is 12.0 Å². The van der Waals surface area contributed by atoms with Gasteiger partial charge in [0.25, 0.3) is 0 Å². The molecule has 1 unspecified atom stereocenters. The number of hydrogen-bond donors (Lipinski definition) is 2. The molecule has 0 aromatic heterocycles. The number of hydrogen-bond acceptors (Lipinski definition) is 2. The van der Waals surface area contributed by atoms with E-state index in [1.165, 1.54) is 11.1 Å². The smallest absolute Gasteiger partial charge is 0.0540 e. The molecule has 0 saturated heterocycles. The lowest BCUT2D eigenvalue weighted by atomic mass is 9.76. The Hall–Kier alpha value is -1.64. The van der Waals surface area contributed by atoms with Gasteiger partial charge in [0.1, 0.15) is 0 Å². The fraction of sp³-hybridized carbons (Fsp3) is 0.368. The lowest BCUT2D eigenvalue weighted by Crippen LogP contribution is -2.39. The standard InChI is InChI=1S/C19H25NO/c1-16-7-5-11-18(13-16)19(14-20,15-21)12-6-10-17-8-3-2-4-9-17/h2-5,7-9,11,13,21H,6,10,12,14-15,20H2,1H3. The lowest BCUT2D eigenvalue weighted by Gasteiger charge is -2.31. The largest absolute Gasteiger partial charge is 0.395 e. The molecule has 0 aliphatic rings. The first-order valence-electron chi connectivity index (χ1n) is 7.62. The van der Waals surface area contributed by atoms with Gasteiger partial charge >= 0.3 is 0 Å². The molecule has 0 amide bonds. The first kappa shape index (κ1) is 15.7. The Labute approximate surface area is 127 Å². The SMILES string of the molecule is Cc1cccc(C(CN)(CO)CCCc2ccccc2)c1. The second-order valence-corrected chi connectivity index (χ2v) is 5.85. The molecule has 3 N–H and O–H groups in total. The van der Waals surface area contributed by atoms with Crippen molar-refractivity contribution >= 4 is 0 Å². The van der Waals surface area contributed by atoms with E-state index in [1.807, 2.05) is 12.1 Å². The van der Waals surface area contributed by atoms with E-state index in [4.69, 9.17) is 5.73 Å². The second kappa shape index (κ2) is 7.39. The van der Waals surface area contributed by atoms with E-state index < -0.39 is 0 Å². The molecule has 0 saturated carbocycles. The monoisotopic (exact) mass is 283 g/mol. The highest BCUT2D eigenvalue weighted by atomic mass is 16.3. The fourth-order valence-electron chi connectivity index (χ4n) is 2.85. The molecule has 0 heterocycles. The Balaban J connectivity index is 2.08. The summed E-state index contributed by atoms with van der Waals surface area (Å²) in [5, 5.41) is 9.94. The van der Waals surface area contributed by atoms with Crippen LogP contribution in [0.5, 0.6) is 0 Å². The Morgan fingerprint density at radius 1 is 1.05 bits per heavy atom. The van der Waals surface area contributed by atoms with Crippen LogP contribution in [0.3, 0.4) is 0 Å². The molecule has 0 bridgehead atoms. The number of rotatable bonds is 7. The van der Waals surface area contributed by atoms with Gasteiger partial charge in [-0.05, 0) is 37.3 Å². The summed E-state index contributed by atoms with van der Waals surface area (Å²) in [5.74, 6) is 0. The quantitative estimate of drug-likeness (QED) is 0.819. The van der Waals surface area contributed by atoms with E-state index in [0.717, 1.165) is 24.8 Å². The summed E-state index contributed by atoms with van der Waals surface area (Å²) >= 11 is 0. The number of nitrogens with two attached hydrogens (primary N) is 1. The van der Waals surface area contributed by atoms with Crippen LogP contribution < -0.4 is 5.73 Å². The van der Waals surface area contributed by atoms with Crippen LogP contribution in [-0.2, 0) is 11.8 Å². The minimum Gasteiger partial charge on any atom is -0.395 e. The van der Waals surface area contributed by atoms with Gasteiger partial charge in [-0.1, -0.05) is 60.2 Å². The molecule has 2 aromatic rings. The minimum absolute atomic E-state index is 0.0990. The van der Waals surface area contributed by atoms with Crippen LogP contribution in [0.4, 0.5) is 0 Å². The summed E-state index contributed by atoms with van der Waals surface area (Å²) in [6.45, 7) is 2.65. The van der Waals surface area contributed by atoms with Crippen LogP contribution in [0, 0.1) is 6.92 Å². The molecule has 0 radical (unpaired) electrons. The van der Waals surface area contributed by atoms with Crippen molar-refractivity contribution in [3.05, 3.63) is 71.3 Å². The molecule has 2 heteroatoms. The molecule has 21 heavy (non-hydrogen) atoms. The zero-order chi connectivity index (χ0) is 15.1. The van der Waals surface area contributed by atoms with Crippen molar-refractivity contribution in [1.82, 2.24) is 0 Å². The normalized spacial score (nSPS) is 13.9. The van der Waals surface area contributed by atoms with Crippen LogP contribution in [-0.4, -0.2) is 18.3 Å². The van der Waals surface area contributed by atoms with E-state index >= 15 is 0 Å². The lowest BCUT2D eigenvalue weighted by molar-refractivity contribution is 0.185. The van der Waals surface area contributed by atoms with Gasteiger partial charge in [0.2, 0.25) is 0 Å². The highest BCUT2D eigenvalue weighted by molar-refractivity contribution is 5.30. The van der Waals surface area contributed by atoms with Crippen LogP contribution in [0.15, 0.2) is 54.6 Å². The summed E-state index contributed by atoms with van der Waals surface area (Å²) < 4.78 is 0. The van der Waals surface area contributed by atoms with Gasteiger partial charge in [0.15, 0.2) is 0 Å². The molecule has 0 fully saturated rings. The molecule has 2 nitrogen and oxygen atoms in total. The molecule has 2 aromatic carbocycles. The van der Waals surface area contributed by atoms with Gasteiger partial charge in [-0.15, -0.1) is 0 Å². The van der Waals surface area contributed by atoms with Crippen LogP contribution in [0.2, 0.25) is 0 Å². The molecule has 0 aliphatic carbocycles. The Morgan fingerprint density at radius 2 is 1.81 bits per heavy atom. The third-order valence-corrected chi connectivity index (χ3v) is 4.29. The highest BCUT2D eigenvalue weighted by Gasteiger charge is 2.29. The number of aliphatic hydroxyl groups excluding tert-OH is 1. The predicted molar refractivity (Wildman–Crippen MR) is 88.4 cm³/mol. The summed E-state index contributed by atoms with van der Waals surface area (Å²) in [4.78, 5) is 0. The van der Waals surface area contributed by atoms with E-state index in [0.29, 0.717) is 6.54 Å². The molecular weight excluding hydrogens is 258 g/mol. The number of aliphatic hydroxyl groups is 1. The molecule has 0 aliphatic heterocycles. The molecule has 1 atom stereocenters. The summed E-state index contributed by atoms with van der Waals surface area (Å²) in [5.41, 5.74) is 9.40. The van der Waals surface area contributed by atoms with E-state index in [9.17, 15) is 5.11 Å². The van der Waals surface area contributed by atoms with Crippen LogP contribution in [0.1, 0.15) is 29.5 Å². The molecule has 0 spiro atoms. The third-order valence-electron chi connectivity index (χ3n) is 4.29. The first-order valence-corrected chi connectivity index (χ1v) is 7.62. The first-order chi connectivity index (χ1) is 10.2. The fourth-order valence-corrected chi connectivity index (χ4v) is 2.85. The van der Waals surface area contributed by atoms with Crippen molar-refractivity contribution in [1.29, 1.82) is 0 Å². The minimum atomic E-state index is -0.319. The Morgan fingerprint density at radius 3 is 2.43 bits per heavy atom. The third kappa shape index (κ3) is 3.93. The van der Waals surface area contributed by atoms with Crippen LogP contribution in [0.25, 0.3) is 0 Å². The van der Waals surface area contributed by atoms with Crippen molar-refractivity contribution in [2.75, 3.05) is 13.2 Å². The van der Waals surface area contributed by atoms with Gasteiger partial charge in [-0.2, -0.15) is 0 Å². The molecule has 2 rings (SSSR count). The van der Waals surface area contributed by atoms with E-state index in [1.54, 1.807) is 0 Å². The summed E-state index contributed by atoms with van der Waals surface area (Å²) in [7, 11) is 0. The summed E-state index contributed by atoms with van der Waals surface area (Å²) in [6, 6.07) is 18.8. The number of benzene rings is 2. The summed E-state index contributed by atoms with van der Waals surface area (Å²) in [6.07, 6.45) is 2.95. The van der Waals surface area contributed by atoms with Gasteiger partial charge in [-0.3, -0.25) is 0 Å². The maximum absolute atomic E-state index is 9.94. The van der Waals surface area contributed by atoms with Crippen molar-refractivity contribution in [3.8, 4) is 0 Å². The van der Waals surface area contributed by atoms with Crippen LogP contribution >= 0.6 is 0 Å². The van der Waals surface area contributed by atoms with Gasteiger partial charge < -0.3 is 10.8 Å². The highest BCUT2D eigenvalue weighted by Crippen LogP contribution is 2.29. The molecule has 112 valence electrons. The topological polar surface area (TPSA) is 46.2 Å². The van der Waals surface area contributed by atoms with E-state index in [2.05, 4.69) is 49.4 Å². The molecular formula is C19H25NO. The maximum Gasteiger partial charge on any atom is 0.0540 e. The van der Waals surface area contributed by atoms with Crippen molar-refractivity contribution in [2.24, 2.45) is 5.73 Å². The van der Waals surface area contributed by atoms with Crippen molar-refractivity contribution in [2.45, 2.75) is 31.6 Å². The zero-order valence-corrected chi connectivity index (χ0v) is 12.8. The maximum atomic E-state index is 9.94. The zero-order valence-electron chi connectivity index (χ0n) is 12.8.